The Morgan fingerprint density at radius 3 is 2.74 bits per heavy atom. The van der Waals surface area contributed by atoms with Crippen molar-refractivity contribution in [2.45, 2.75) is 45.6 Å². The number of aryl methyl sites for hydroxylation is 2. The summed E-state index contributed by atoms with van der Waals surface area (Å²) in [5.41, 5.74) is 3.43. The Labute approximate surface area is 133 Å². The minimum Gasteiger partial charge on any atom is -0.310 e. The van der Waals surface area contributed by atoms with Gasteiger partial charge in [-0.05, 0) is 45.2 Å². The zero-order chi connectivity index (χ0) is 16.1. The molecular weight excluding hydrogens is 290 g/mol. The number of nitrogens with zero attached hydrogens (tertiary/aromatic N) is 4. The average Bonchev–Trinajstić information content (AvgIpc) is 3.31. The zero-order valence-corrected chi connectivity index (χ0v) is 13.5. The molecule has 4 rings (SSSR count). The van der Waals surface area contributed by atoms with Gasteiger partial charge in [-0.1, -0.05) is 6.07 Å². The summed E-state index contributed by atoms with van der Waals surface area (Å²) in [6, 6.07) is 4.18. The molecule has 0 aliphatic heterocycles. The van der Waals surface area contributed by atoms with E-state index in [-0.39, 0.29) is 11.6 Å². The van der Waals surface area contributed by atoms with Gasteiger partial charge in [-0.25, -0.2) is 9.67 Å². The fraction of sp³-hybridized carbons (Fsp3) is 0.412. The average molecular weight is 309 g/mol. The summed E-state index contributed by atoms with van der Waals surface area (Å²) in [6.45, 7) is 5.67. The minimum absolute atomic E-state index is 0.0272. The lowest BCUT2D eigenvalue weighted by Gasteiger charge is -2.13. The van der Waals surface area contributed by atoms with E-state index in [1.807, 2.05) is 17.8 Å². The molecule has 1 atom stereocenters. The monoisotopic (exact) mass is 309 g/mol. The highest BCUT2D eigenvalue weighted by Crippen LogP contribution is 2.39. The van der Waals surface area contributed by atoms with Gasteiger partial charge in [0, 0.05) is 17.8 Å². The van der Waals surface area contributed by atoms with E-state index in [2.05, 4.69) is 39.1 Å². The summed E-state index contributed by atoms with van der Waals surface area (Å²) < 4.78 is 1.82. The maximum Gasteiger partial charge on any atom is 0.262 e. The highest BCUT2D eigenvalue weighted by molar-refractivity contribution is 5.77. The smallest absolute Gasteiger partial charge is 0.262 e. The predicted molar refractivity (Wildman–Crippen MR) is 87.6 cm³/mol. The molecule has 1 aliphatic carbocycles. The van der Waals surface area contributed by atoms with Crippen LogP contribution in [0.3, 0.4) is 0 Å². The van der Waals surface area contributed by atoms with Gasteiger partial charge in [-0.15, -0.1) is 0 Å². The van der Waals surface area contributed by atoms with Gasteiger partial charge in [0.15, 0.2) is 5.65 Å². The molecule has 0 saturated heterocycles. The van der Waals surface area contributed by atoms with Crippen molar-refractivity contribution in [1.29, 1.82) is 0 Å². The van der Waals surface area contributed by atoms with Crippen LogP contribution in [0.1, 0.15) is 54.5 Å². The van der Waals surface area contributed by atoms with E-state index in [1.165, 1.54) is 18.5 Å². The zero-order valence-electron chi connectivity index (χ0n) is 13.5. The summed E-state index contributed by atoms with van der Waals surface area (Å²) >= 11 is 0. The Kier molecular flexibility index (Phi) is 3.07. The Morgan fingerprint density at radius 1 is 1.30 bits per heavy atom. The topological polar surface area (TPSA) is 76.5 Å². The number of fused-ring (bicyclic) bond motifs is 1. The second-order valence-electron chi connectivity index (χ2n) is 6.35. The lowest BCUT2D eigenvalue weighted by molar-refractivity contribution is 0.572. The molecule has 1 saturated carbocycles. The molecule has 1 aliphatic rings. The summed E-state index contributed by atoms with van der Waals surface area (Å²) in [6.07, 6.45) is 4.41. The second-order valence-corrected chi connectivity index (χ2v) is 6.35. The minimum atomic E-state index is -0.134. The standard InChI is InChI=1S/C17H19N5O/c1-9-15-16(19-11(3)20-17(15)23)22(21-9)10(2)13-6-7-14(18-8-13)12-4-5-12/h6-8,10,12H,4-5H2,1-3H3,(H,19,20,23). The number of nitrogens with one attached hydrogen (secondary N) is 1. The number of aromatic amines is 1. The van der Waals surface area contributed by atoms with E-state index in [1.54, 1.807) is 6.92 Å². The van der Waals surface area contributed by atoms with Crippen molar-refractivity contribution in [3.05, 3.63) is 51.5 Å². The molecule has 6 nitrogen and oxygen atoms in total. The molecule has 3 heterocycles. The summed E-state index contributed by atoms with van der Waals surface area (Å²) in [4.78, 5) is 24.0. The fourth-order valence-electron chi connectivity index (χ4n) is 3.02. The molecule has 0 aromatic carbocycles. The maximum absolute atomic E-state index is 12.2. The number of hydrogen-bond acceptors (Lipinski definition) is 4. The Bertz CT molecular complexity index is 934. The molecule has 0 spiro atoms. The van der Waals surface area contributed by atoms with Crippen molar-refractivity contribution in [2.75, 3.05) is 0 Å². The van der Waals surface area contributed by atoms with Crippen LogP contribution in [-0.4, -0.2) is 24.7 Å². The van der Waals surface area contributed by atoms with E-state index >= 15 is 0 Å². The third kappa shape index (κ3) is 2.34. The van der Waals surface area contributed by atoms with Crippen molar-refractivity contribution >= 4 is 11.0 Å². The summed E-state index contributed by atoms with van der Waals surface area (Å²) in [5, 5.41) is 5.10. The van der Waals surface area contributed by atoms with Crippen LogP contribution in [0.4, 0.5) is 0 Å². The van der Waals surface area contributed by atoms with Crippen molar-refractivity contribution in [3.8, 4) is 0 Å². The molecular formula is C17H19N5O. The second kappa shape index (κ2) is 5.01. The van der Waals surface area contributed by atoms with E-state index in [4.69, 9.17) is 0 Å². The van der Waals surface area contributed by atoms with E-state index < -0.39 is 0 Å². The quantitative estimate of drug-likeness (QED) is 0.807. The van der Waals surface area contributed by atoms with Gasteiger partial charge in [-0.2, -0.15) is 5.10 Å². The van der Waals surface area contributed by atoms with Crippen molar-refractivity contribution in [2.24, 2.45) is 0 Å². The van der Waals surface area contributed by atoms with Crippen LogP contribution in [0.2, 0.25) is 0 Å². The first-order valence-electron chi connectivity index (χ1n) is 7.96. The van der Waals surface area contributed by atoms with Gasteiger partial charge < -0.3 is 4.98 Å². The molecule has 1 N–H and O–H groups in total. The van der Waals surface area contributed by atoms with Crippen LogP contribution in [0.5, 0.6) is 0 Å². The molecule has 0 amide bonds. The molecule has 0 bridgehead atoms. The van der Waals surface area contributed by atoms with Crippen molar-refractivity contribution in [1.82, 2.24) is 24.7 Å². The van der Waals surface area contributed by atoms with Crippen LogP contribution in [-0.2, 0) is 0 Å². The lowest BCUT2D eigenvalue weighted by Crippen LogP contribution is -2.13. The summed E-state index contributed by atoms with van der Waals surface area (Å²) in [5.74, 6) is 1.24. The number of H-pyrrole nitrogens is 1. The van der Waals surface area contributed by atoms with Gasteiger partial charge >= 0.3 is 0 Å². The van der Waals surface area contributed by atoms with Crippen LogP contribution in [0.25, 0.3) is 11.0 Å². The van der Waals surface area contributed by atoms with Gasteiger partial charge in [0.1, 0.15) is 11.2 Å². The van der Waals surface area contributed by atoms with Crippen LogP contribution < -0.4 is 5.56 Å². The molecule has 3 aromatic heterocycles. The van der Waals surface area contributed by atoms with Crippen LogP contribution in [0, 0.1) is 13.8 Å². The van der Waals surface area contributed by atoms with Crippen molar-refractivity contribution < 1.29 is 0 Å². The van der Waals surface area contributed by atoms with Crippen molar-refractivity contribution in [3.63, 3.8) is 0 Å². The van der Waals surface area contributed by atoms with Gasteiger partial charge in [0.2, 0.25) is 0 Å². The maximum atomic E-state index is 12.2. The number of aromatic nitrogens is 5. The normalized spacial score (nSPS) is 16.0. The first kappa shape index (κ1) is 14.1. The Morgan fingerprint density at radius 2 is 2.09 bits per heavy atom. The van der Waals surface area contributed by atoms with E-state index in [0.717, 1.165) is 5.56 Å². The third-order valence-corrected chi connectivity index (χ3v) is 4.51. The molecule has 1 fully saturated rings. The number of hydrogen-bond donors (Lipinski definition) is 1. The number of pyridine rings is 1. The molecule has 1 unspecified atom stereocenters. The van der Waals surface area contributed by atoms with E-state index in [0.29, 0.717) is 28.5 Å². The Balaban J connectivity index is 1.80. The van der Waals surface area contributed by atoms with Crippen LogP contribution >= 0.6 is 0 Å². The molecule has 6 heteroatoms. The third-order valence-electron chi connectivity index (χ3n) is 4.51. The SMILES string of the molecule is Cc1nc2c(c(C)nn2C(C)c2ccc(C3CC3)nc2)c(=O)[nH]1. The molecule has 3 aromatic rings. The Hall–Kier alpha value is -2.50. The largest absolute Gasteiger partial charge is 0.310 e. The van der Waals surface area contributed by atoms with E-state index in [9.17, 15) is 4.79 Å². The molecule has 0 radical (unpaired) electrons. The number of rotatable bonds is 3. The highest BCUT2D eigenvalue weighted by Gasteiger charge is 2.25. The lowest BCUT2D eigenvalue weighted by atomic mass is 10.1. The molecule has 23 heavy (non-hydrogen) atoms. The first-order valence-corrected chi connectivity index (χ1v) is 7.96. The molecule has 118 valence electrons. The van der Waals surface area contributed by atoms with Gasteiger partial charge in [0.05, 0.1) is 11.7 Å². The predicted octanol–water partition coefficient (Wildman–Crippen LogP) is 2.62. The van der Waals surface area contributed by atoms with Gasteiger partial charge in [0.25, 0.3) is 5.56 Å². The highest BCUT2D eigenvalue weighted by atomic mass is 16.1. The summed E-state index contributed by atoms with van der Waals surface area (Å²) in [7, 11) is 0. The fourth-order valence-corrected chi connectivity index (χ4v) is 3.02. The van der Waals surface area contributed by atoms with Gasteiger partial charge in [-0.3, -0.25) is 9.78 Å². The van der Waals surface area contributed by atoms with Crippen LogP contribution in [0.15, 0.2) is 23.1 Å². The first-order chi connectivity index (χ1) is 11.0.